The van der Waals surface area contributed by atoms with Crippen molar-refractivity contribution in [2.24, 2.45) is 12.1 Å². The highest BCUT2D eigenvalue weighted by Gasteiger charge is 2.13. The molecule has 1 amide bonds. The van der Waals surface area contributed by atoms with Crippen LogP contribution in [0.4, 0.5) is 0 Å². The lowest BCUT2D eigenvalue weighted by Crippen LogP contribution is -2.19. The van der Waals surface area contributed by atoms with Gasteiger partial charge in [-0.1, -0.05) is 23.2 Å². The Balaban J connectivity index is 2.13. The van der Waals surface area contributed by atoms with Gasteiger partial charge in [0.1, 0.15) is 5.75 Å². The number of aromatic hydroxyl groups is 1. The number of rotatable bonds is 3. The van der Waals surface area contributed by atoms with Crippen molar-refractivity contribution in [3.63, 3.8) is 0 Å². The van der Waals surface area contributed by atoms with Gasteiger partial charge in [-0.05, 0) is 28.1 Å². The number of hydrazone groups is 1. The third-order valence-corrected chi connectivity index (χ3v) is 3.51. The molecule has 1 aromatic heterocycles. The highest BCUT2D eigenvalue weighted by molar-refractivity contribution is 9.10. The molecule has 2 rings (SSSR count). The summed E-state index contributed by atoms with van der Waals surface area (Å²) >= 11 is 14.8. The molecule has 0 aliphatic rings. The number of benzene rings is 1. The Hall–Kier alpha value is -1.57. The van der Waals surface area contributed by atoms with E-state index in [2.05, 4.69) is 31.6 Å². The van der Waals surface area contributed by atoms with Crippen molar-refractivity contribution in [1.29, 1.82) is 0 Å². The van der Waals surface area contributed by atoms with Crippen molar-refractivity contribution in [1.82, 2.24) is 15.2 Å². The van der Waals surface area contributed by atoms with Crippen LogP contribution in [0.2, 0.25) is 10.0 Å². The molecule has 0 unspecified atom stereocenters. The molecule has 9 heteroatoms. The number of amides is 1. The minimum absolute atomic E-state index is 0.0998. The van der Waals surface area contributed by atoms with E-state index in [1.54, 1.807) is 13.2 Å². The Morgan fingerprint density at radius 3 is 2.86 bits per heavy atom. The molecule has 0 aliphatic heterocycles. The Morgan fingerprint density at radius 1 is 1.52 bits per heavy atom. The fourth-order valence-electron chi connectivity index (χ4n) is 1.51. The monoisotopic (exact) mass is 390 g/mol. The lowest BCUT2D eigenvalue weighted by atomic mass is 10.2. The number of nitrogens with zero attached hydrogens (tertiary/aromatic N) is 3. The van der Waals surface area contributed by atoms with Gasteiger partial charge in [-0.3, -0.25) is 9.48 Å². The molecular weight excluding hydrogens is 383 g/mol. The molecule has 2 N–H and O–H groups in total. The summed E-state index contributed by atoms with van der Waals surface area (Å²) in [7, 11) is 1.69. The van der Waals surface area contributed by atoms with Crippen LogP contribution >= 0.6 is 39.1 Å². The summed E-state index contributed by atoms with van der Waals surface area (Å²) in [6.07, 6.45) is 2.88. The number of aryl methyl sites for hydroxylation is 1. The van der Waals surface area contributed by atoms with Gasteiger partial charge in [0.25, 0.3) is 5.91 Å². The minimum Gasteiger partial charge on any atom is -0.506 e. The maximum absolute atomic E-state index is 11.8. The number of carbonyl (C=O) groups is 1. The molecular formula is C12H9BrCl2N4O2. The predicted octanol–water partition coefficient (Wildman–Crippen LogP) is 2.96. The maximum Gasteiger partial charge on any atom is 0.293 e. The van der Waals surface area contributed by atoms with Gasteiger partial charge < -0.3 is 5.11 Å². The second-order valence-corrected chi connectivity index (χ2v) is 5.72. The van der Waals surface area contributed by atoms with E-state index in [1.807, 2.05) is 0 Å². The largest absolute Gasteiger partial charge is 0.506 e. The number of halogens is 3. The highest BCUT2D eigenvalue weighted by Crippen LogP contribution is 2.29. The van der Waals surface area contributed by atoms with Gasteiger partial charge in [0.05, 0.1) is 15.7 Å². The topological polar surface area (TPSA) is 79.5 Å². The normalized spacial score (nSPS) is 11.0. The first-order valence-electron chi connectivity index (χ1n) is 5.59. The smallest absolute Gasteiger partial charge is 0.293 e. The number of phenolic OH excluding ortho intramolecular Hbond substituents is 1. The Bertz CT molecular complexity index is 730. The van der Waals surface area contributed by atoms with Gasteiger partial charge in [0, 0.05) is 23.8 Å². The number of phenols is 1. The third kappa shape index (κ3) is 3.75. The minimum atomic E-state index is -0.494. The van der Waals surface area contributed by atoms with E-state index in [4.69, 9.17) is 23.2 Å². The summed E-state index contributed by atoms with van der Waals surface area (Å²) in [6, 6.07) is 2.87. The molecule has 0 saturated heterocycles. The Kier molecular flexibility index (Phi) is 4.87. The molecule has 0 saturated carbocycles. The quantitative estimate of drug-likeness (QED) is 0.623. The second-order valence-electron chi connectivity index (χ2n) is 4.02. The number of carbonyl (C=O) groups excluding carboxylic acids is 1. The van der Waals surface area contributed by atoms with Crippen LogP contribution in [0.5, 0.6) is 5.75 Å². The number of hydrogen-bond acceptors (Lipinski definition) is 4. The molecule has 1 aromatic carbocycles. The Morgan fingerprint density at radius 2 is 2.24 bits per heavy atom. The maximum atomic E-state index is 11.8. The van der Waals surface area contributed by atoms with E-state index in [9.17, 15) is 9.90 Å². The van der Waals surface area contributed by atoms with E-state index in [1.165, 1.54) is 23.0 Å². The first-order valence-corrected chi connectivity index (χ1v) is 7.14. The summed E-state index contributed by atoms with van der Waals surface area (Å²) in [5.74, 6) is -0.663. The van der Waals surface area contributed by atoms with Crippen LogP contribution in [-0.2, 0) is 7.05 Å². The van der Waals surface area contributed by atoms with Crippen LogP contribution in [0.25, 0.3) is 0 Å². The average molecular weight is 392 g/mol. The van der Waals surface area contributed by atoms with Crippen LogP contribution < -0.4 is 5.43 Å². The van der Waals surface area contributed by atoms with Crippen LogP contribution in [-0.4, -0.2) is 27.0 Å². The van der Waals surface area contributed by atoms with Crippen LogP contribution in [0.15, 0.2) is 27.9 Å². The van der Waals surface area contributed by atoms with Crippen LogP contribution in [0.3, 0.4) is 0 Å². The van der Waals surface area contributed by atoms with Gasteiger partial charge in [0.2, 0.25) is 0 Å². The van der Waals surface area contributed by atoms with Crippen molar-refractivity contribution in [3.05, 3.63) is 44.1 Å². The third-order valence-electron chi connectivity index (χ3n) is 2.43. The van der Waals surface area contributed by atoms with Gasteiger partial charge >= 0.3 is 0 Å². The van der Waals surface area contributed by atoms with E-state index < -0.39 is 5.91 Å². The molecule has 0 aliphatic carbocycles. The fraction of sp³-hybridized carbons (Fsp3) is 0.0833. The van der Waals surface area contributed by atoms with Crippen molar-refractivity contribution < 1.29 is 9.90 Å². The van der Waals surface area contributed by atoms with Gasteiger partial charge in [-0.25, -0.2) is 5.43 Å². The summed E-state index contributed by atoms with van der Waals surface area (Å²) in [5, 5.41) is 17.9. The molecule has 110 valence electrons. The zero-order valence-corrected chi connectivity index (χ0v) is 13.7. The molecule has 1 heterocycles. The van der Waals surface area contributed by atoms with Crippen molar-refractivity contribution in [2.45, 2.75) is 0 Å². The van der Waals surface area contributed by atoms with Crippen molar-refractivity contribution in [2.75, 3.05) is 0 Å². The summed E-state index contributed by atoms with van der Waals surface area (Å²) in [5.41, 5.74) is 2.78. The van der Waals surface area contributed by atoms with Crippen molar-refractivity contribution in [3.8, 4) is 5.75 Å². The van der Waals surface area contributed by atoms with Crippen molar-refractivity contribution >= 4 is 51.3 Å². The van der Waals surface area contributed by atoms with Gasteiger partial charge in [-0.2, -0.15) is 10.2 Å². The molecule has 0 fully saturated rings. The molecule has 2 aromatic rings. The molecule has 0 spiro atoms. The van der Waals surface area contributed by atoms with Gasteiger partial charge in [-0.15, -0.1) is 0 Å². The summed E-state index contributed by atoms with van der Waals surface area (Å²) in [6.45, 7) is 0. The molecule has 0 atom stereocenters. The number of aromatic nitrogens is 2. The average Bonchev–Trinajstić information content (AvgIpc) is 2.74. The molecule has 6 nitrogen and oxygen atoms in total. The molecule has 0 radical (unpaired) electrons. The van der Waals surface area contributed by atoms with Crippen LogP contribution in [0, 0.1) is 0 Å². The van der Waals surface area contributed by atoms with E-state index >= 15 is 0 Å². The lowest BCUT2D eigenvalue weighted by molar-refractivity contribution is 0.0948. The zero-order valence-electron chi connectivity index (χ0n) is 10.6. The predicted molar refractivity (Wildman–Crippen MR) is 84.1 cm³/mol. The van der Waals surface area contributed by atoms with Gasteiger partial charge in [0.15, 0.2) is 5.69 Å². The van der Waals surface area contributed by atoms with E-state index in [0.717, 1.165) is 0 Å². The summed E-state index contributed by atoms with van der Waals surface area (Å²) in [4.78, 5) is 11.8. The molecule has 21 heavy (non-hydrogen) atoms. The van der Waals surface area contributed by atoms with E-state index in [0.29, 0.717) is 9.50 Å². The SMILES string of the molecule is Cn1cc(Br)c(C(=O)NN=Cc2cc(Cl)cc(Cl)c2O)n1. The number of hydrogen-bond donors (Lipinski definition) is 2. The highest BCUT2D eigenvalue weighted by atomic mass is 79.9. The summed E-state index contributed by atoms with van der Waals surface area (Å²) < 4.78 is 2.04. The lowest BCUT2D eigenvalue weighted by Gasteiger charge is -2.02. The molecule has 0 bridgehead atoms. The first-order chi connectivity index (χ1) is 9.88. The van der Waals surface area contributed by atoms with Crippen LogP contribution in [0.1, 0.15) is 16.1 Å². The standard InChI is InChI=1S/C12H9BrCl2N4O2/c1-19-5-8(13)10(18-19)12(21)17-16-4-6-2-7(14)3-9(15)11(6)20/h2-5,20H,1H3,(H,17,21). The van der Waals surface area contributed by atoms with E-state index in [-0.39, 0.29) is 22.0 Å². The second kappa shape index (κ2) is 6.46. The first kappa shape index (κ1) is 15.8. The number of nitrogens with one attached hydrogen (secondary N) is 1. The fourth-order valence-corrected chi connectivity index (χ4v) is 2.58. The zero-order chi connectivity index (χ0) is 15.6. The Labute approximate surface area is 138 Å².